The minimum absolute atomic E-state index is 0.579. The van der Waals surface area contributed by atoms with Crippen LogP contribution < -0.4 is 10.6 Å². The highest BCUT2D eigenvalue weighted by molar-refractivity contribution is 7.80. The second-order valence-corrected chi connectivity index (χ2v) is 3.00. The van der Waals surface area contributed by atoms with Crippen molar-refractivity contribution in [2.45, 2.75) is 19.9 Å². The summed E-state index contributed by atoms with van der Waals surface area (Å²) in [6.45, 7) is 3.56. The summed E-state index contributed by atoms with van der Waals surface area (Å²) >= 11 is 5.01. The van der Waals surface area contributed by atoms with E-state index >= 15 is 0 Å². The van der Waals surface area contributed by atoms with E-state index < -0.39 is 0 Å². The van der Waals surface area contributed by atoms with Gasteiger partial charge in [0, 0.05) is 12.6 Å². The first-order valence-electron chi connectivity index (χ1n) is 4.24. The Morgan fingerprint density at radius 1 is 1.62 bits per heavy atom. The van der Waals surface area contributed by atoms with Crippen molar-refractivity contribution in [3.8, 4) is 0 Å². The van der Waals surface area contributed by atoms with E-state index in [1.807, 2.05) is 0 Å². The van der Waals surface area contributed by atoms with E-state index in [1.165, 1.54) is 0 Å². The molecule has 0 amide bonds. The van der Waals surface area contributed by atoms with Crippen LogP contribution >= 0.6 is 12.2 Å². The van der Waals surface area contributed by atoms with E-state index in [2.05, 4.69) is 22.7 Å². The maximum Gasteiger partial charge on any atom is 0.166 e. The van der Waals surface area contributed by atoms with Crippen LogP contribution in [-0.4, -0.2) is 16.8 Å². The first-order chi connectivity index (χ1) is 6.33. The first kappa shape index (κ1) is 9.98. The minimum Gasteiger partial charge on any atom is -0.363 e. The molecule has 13 heavy (non-hydrogen) atoms. The van der Waals surface area contributed by atoms with Crippen molar-refractivity contribution in [1.29, 1.82) is 0 Å². The Kier molecular flexibility index (Phi) is 4.25. The first-order valence-corrected chi connectivity index (χ1v) is 4.65. The highest BCUT2D eigenvalue weighted by Crippen LogP contribution is 1.94. The Hall–Kier alpha value is -1.10. The quantitative estimate of drug-likeness (QED) is 0.710. The molecule has 0 aromatic carbocycles. The van der Waals surface area contributed by atoms with Gasteiger partial charge in [-0.1, -0.05) is 12.1 Å². The standard InChI is InChI=1S/C8H13N3OS/c1-2-4-9-8(13)10-6-7-3-5-11-12-7/h3,5H,2,4,6H2,1H3,(H2,9,10,13). The fourth-order valence-electron chi connectivity index (χ4n) is 0.802. The predicted octanol–water partition coefficient (Wildman–Crippen LogP) is 1.05. The van der Waals surface area contributed by atoms with E-state index in [1.54, 1.807) is 12.3 Å². The van der Waals surface area contributed by atoms with Crippen molar-refractivity contribution < 1.29 is 4.52 Å². The normalized spacial score (nSPS) is 9.62. The van der Waals surface area contributed by atoms with Gasteiger partial charge < -0.3 is 15.2 Å². The van der Waals surface area contributed by atoms with Crippen LogP contribution in [0, 0.1) is 0 Å². The lowest BCUT2D eigenvalue weighted by molar-refractivity contribution is 0.380. The fourth-order valence-corrected chi connectivity index (χ4v) is 0.976. The highest BCUT2D eigenvalue weighted by atomic mass is 32.1. The lowest BCUT2D eigenvalue weighted by Crippen LogP contribution is -2.34. The molecule has 72 valence electrons. The van der Waals surface area contributed by atoms with Crippen LogP contribution in [0.1, 0.15) is 19.1 Å². The summed E-state index contributed by atoms with van der Waals surface area (Å²) in [5, 5.41) is 10.3. The second-order valence-electron chi connectivity index (χ2n) is 2.59. The fraction of sp³-hybridized carbons (Fsp3) is 0.500. The second kappa shape index (κ2) is 5.53. The predicted molar refractivity (Wildman–Crippen MR) is 54.2 cm³/mol. The third-order valence-corrected chi connectivity index (χ3v) is 1.74. The zero-order valence-electron chi connectivity index (χ0n) is 7.54. The molecule has 0 saturated carbocycles. The van der Waals surface area contributed by atoms with Gasteiger partial charge in [0.1, 0.15) is 0 Å². The molecular weight excluding hydrogens is 186 g/mol. The molecule has 0 radical (unpaired) electrons. The van der Waals surface area contributed by atoms with Crippen LogP contribution in [0.5, 0.6) is 0 Å². The van der Waals surface area contributed by atoms with E-state index in [0.717, 1.165) is 18.7 Å². The Morgan fingerprint density at radius 3 is 3.08 bits per heavy atom. The third kappa shape index (κ3) is 3.89. The zero-order chi connectivity index (χ0) is 9.52. The molecule has 1 aromatic heterocycles. The van der Waals surface area contributed by atoms with Crippen molar-refractivity contribution >= 4 is 17.3 Å². The lowest BCUT2D eigenvalue weighted by atomic mass is 10.4. The number of aromatic nitrogens is 1. The Labute approximate surface area is 82.7 Å². The lowest BCUT2D eigenvalue weighted by Gasteiger charge is -2.07. The highest BCUT2D eigenvalue weighted by Gasteiger charge is 1.97. The Morgan fingerprint density at radius 2 is 2.46 bits per heavy atom. The van der Waals surface area contributed by atoms with Crippen LogP contribution in [0.15, 0.2) is 16.8 Å². The molecule has 0 aliphatic heterocycles. The van der Waals surface area contributed by atoms with Gasteiger partial charge in [0.15, 0.2) is 10.9 Å². The molecule has 0 spiro atoms. The van der Waals surface area contributed by atoms with Crippen LogP contribution in [0.25, 0.3) is 0 Å². The molecule has 1 aromatic rings. The topological polar surface area (TPSA) is 50.1 Å². The minimum atomic E-state index is 0.579. The number of thiocarbonyl (C=S) groups is 1. The molecule has 0 aliphatic carbocycles. The van der Waals surface area contributed by atoms with Crippen molar-refractivity contribution in [2.24, 2.45) is 0 Å². The summed E-state index contributed by atoms with van der Waals surface area (Å²) in [4.78, 5) is 0. The van der Waals surface area contributed by atoms with Gasteiger partial charge in [0.2, 0.25) is 0 Å². The number of nitrogens with zero attached hydrogens (tertiary/aromatic N) is 1. The molecule has 0 bridgehead atoms. The Balaban J connectivity index is 2.15. The van der Waals surface area contributed by atoms with Crippen molar-refractivity contribution in [2.75, 3.05) is 6.54 Å². The number of hydrogen-bond donors (Lipinski definition) is 2. The van der Waals surface area contributed by atoms with Gasteiger partial charge in [0.05, 0.1) is 12.7 Å². The van der Waals surface area contributed by atoms with Crippen molar-refractivity contribution in [3.05, 3.63) is 18.0 Å². The molecule has 1 rings (SSSR count). The number of nitrogens with one attached hydrogen (secondary N) is 2. The van der Waals surface area contributed by atoms with Gasteiger partial charge in [-0.15, -0.1) is 0 Å². The summed E-state index contributed by atoms with van der Waals surface area (Å²) in [6.07, 6.45) is 2.67. The van der Waals surface area contributed by atoms with Crippen LogP contribution in [-0.2, 0) is 6.54 Å². The van der Waals surface area contributed by atoms with Gasteiger partial charge in [-0.2, -0.15) is 0 Å². The molecule has 0 aliphatic rings. The largest absolute Gasteiger partial charge is 0.363 e. The van der Waals surface area contributed by atoms with E-state index in [4.69, 9.17) is 16.7 Å². The summed E-state index contributed by atoms with van der Waals surface area (Å²) in [6, 6.07) is 1.80. The molecule has 0 saturated heterocycles. The van der Waals surface area contributed by atoms with Crippen LogP contribution in [0.3, 0.4) is 0 Å². The SMILES string of the molecule is CCCNC(=S)NCc1ccno1. The number of hydrogen-bond acceptors (Lipinski definition) is 3. The smallest absolute Gasteiger partial charge is 0.166 e. The van der Waals surface area contributed by atoms with Gasteiger partial charge in [-0.25, -0.2) is 0 Å². The van der Waals surface area contributed by atoms with Gasteiger partial charge >= 0.3 is 0 Å². The summed E-state index contributed by atoms with van der Waals surface area (Å²) in [5.41, 5.74) is 0. The maximum absolute atomic E-state index is 5.01. The molecule has 1 heterocycles. The van der Waals surface area contributed by atoms with Gasteiger partial charge in [0.25, 0.3) is 0 Å². The average Bonchev–Trinajstić information content (AvgIpc) is 2.64. The molecule has 2 N–H and O–H groups in total. The molecule has 0 fully saturated rings. The summed E-state index contributed by atoms with van der Waals surface area (Å²) < 4.78 is 4.89. The number of rotatable bonds is 4. The van der Waals surface area contributed by atoms with Crippen LogP contribution in [0.4, 0.5) is 0 Å². The molecule has 0 unspecified atom stereocenters. The molecule has 0 atom stereocenters. The van der Waals surface area contributed by atoms with Gasteiger partial charge in [-0.05, 0) is 18.6 Å². The summed E-state index contributed by atoms with van der Waals surface area (Å²) in [5.74, 6) is 0.778. The monoisotopic (exact) mass is 199 g/mol. The van der Waals surface area contributed by atoms with Gasteiger partial charge in [-0.3, -0.25) is 0 Å². The van der Waals surface area contributed by atoms with E-state index in [-0.39, 0.29) is 0 Å². The summed E-state index contributed by atoms with van der Waals surface area (Å²) in [7, 11) is 0. The molecule has 5 heteroatoms. The average molecular weight is 199 g/mol. The van der Waals surface area contributed by atoms with E-state index in [9.17, 15) is 0 Å². The van der Waals surface area contributed by atoms with Crippen molar-refractivity contribution in [1.82, 2.24) is 15.8 Å². The zero-order valence-corrected chi connectivity index (χ0v) is 8.36. The van der Waals surface area contributed by atoms with Crippen LogP contribution in [0.2, 0.25) is 0 Å². The molecular formula is C8H13N3OS. The van der Waals surface area contributed by atoms with E-state index in [0.29, 0.717) is 11.7 Å². The third-order valence-electron chi connectivity index (χ3n) is 1.45. The maximum atomic E-state index is 5.01. The Bertz CT molecular complexity index is 248. The van der Waals surface area contributed by atoms with Crippen molar-refractivity contribution in [3.63, 3.8) is 0 Å². The molecule has 4 nitrogen and oxygen atoms in total.